The van der Waals surface area contributed by atoms with Gasteiger partial charge >= 0.3 is 5.97 Å². The molecule has 1 heterocycles. The van der Waals surface area contributed by atoms with Gasteiger partial charge in [0.2, 0.25) is 11.8 Å². The number of carbonyl (C=O) groups is 3. The highest BCUT2D eigenvalue weighted by Gasteiger charge is 2.71. The number of imide groups is 1. The average Bonchev–Trinajstić information content (AvgIpc) is 3.05. The van der Waals surface area contributed by atoms with Gasteiger partial charge in [-0.1, -0.05) is 66.7 Å². The first-order chi connectivity index (χ1) is 15.0. The van der Waals surface area contributed by atoms with Gasteiger partial charge in [-0.25, -0.2) is 4.90 Å². The molecule has 31 heavy (non-hydrogen) atoms. The van der Waals surface area contributed by atoms with Crippen molar-refractivity contribution in [1.29, 1.82) is 0 Å². The molecule has 4 aliphatic rings. The van der Waals surface area contributed by atoms with Crippen molar-refractivity contribution in [2.45, 2.75) is 18.3 Å². The van der Waals surface area contributed by atoms with Crippen molar-refractivity contribution >= 4 is 23.5 Å². The molecule has 0 saturated carbocycles. The number of para-hydroxylation sites is 1. The molecule has 0 spiro atoms. The van der Waals surface area contributed by atoms with Gasteiger partial charge in [0.1, 0.15) is 5.41 Å². The van der Waals surface area contributed by atoms with Gasteiger partial charge in [0.25, 0.3) is 0 Å². The SMILES string of the molecule is Cc1ccccc1N1C(=O)[C@@H]2C3c4ccccc4C(C(=O)O)(c4ccccc43)[C@@H]2C1=O. The van der Waals surface area contributed by atoms with Crippen LogP contribution in [0.4, 0.5) is 5.69 Å². The van der Waals surface area contributed by atoms with Crippen molar-refractivity contribution in [1.82, 2.24) is 0 Å². The zero-order valence-electron chi connectivity index (χ0n) is 16.8. The molecule has 2 atom stereocenters. The molecule has 3 aliphatic carbocycles. The third-order valence-electron chi connectivity index (χ3n) is 7.31. The van der Waals surface area contributed by atoms with Crippen molar-refractivity contribution in [2.75, 3.05) is 4.90 Å². The molecule has 5 heteroatoms. The van der Waals surface area contributed by atoms with E-state index in [1.165, 1.54) is 4.90 Å². The third-order valence-corrected chi connectivity index (χ3v) is 7.31. The highest BCUT2D eigenvalue weighted by molar-refractivity contribution is 6.25. The fourth-order valence-corrected chi connectivity index (χ4v) is 6.19. The summed E-state index contributed by atoms with van der Waals surface area (Å²) in [5.41, 5.74) is 2.65. The number of carboxylic acids is 1. The second kappa shape index (κ2) is 5.91. The van der Waals surface area contributed by atoms with E-state index < -0.39 is 29.1 Å². The lowest BCUT2D eigenvalue weighted by molar-refractivity contribution is -0.149. The van der Waals surface area contributed by atoms with Gasteiger partial charge in [-0.05, 0) is 40.8 Å². The average molecular weight is 409 g/mol. The van der Waals surface area contributed by atoms with Gasteiger partial charge < -0.3 is 5.11 Å². The van der Waals surface area contributed by atoms with Gasteiger partial charge in [-0.15, -0.1) is 0 Å². The predicted octanol–water partition coefficient (Wildman–Crippen LogP) is 3.63. The van der Waals surface area contributed by atoms with E-state index in [0.29, 0.717) is 16.8 Å². The van der Waals surface area contributed by atoms with Gasteiger partial charge in [-0.3, -0.25) is 14.4 Å². The first-order valence-electron chi connectivity index (χ1n) is 10.3. The van der Waals surface area contributed by atoms with E-state index in [1.54, 1.807) is 24.3 Å². The Balaban J connectivity index is 1.69. The minimum Gasteiger partial charge on any atom is -0.480 e. The molecule has 0 aromatic heterocycles. The van der Waals surface area contributed by atoms with Crippen LogP contribution in [-0.4, -0.2) is 22.9 Å². The van der Waals surface area contributed by atoms with Crippen molar-refractivity contribution in [2.24, 2.45) is 11.8 Å². The number of rotatable bonds is 2. The molecule has 7 rings (SSSR count). The van der Waals surface area contributed by atoms with E-state index in [4.69, 9.17) is 0 Å². The first kappa shape index (κ1) is 18.1. The second-order valence-corrected chi connectivity index (χ2v) is 8.57. The fraction of sp³-hybridized carbons (Fsp3) is 0.192. The Bertz CT molecular complexity index is 1260. The van der Waals surface area contributed by atoms with E-state index in [-0.39, 0.29) is 11.8 Å². The number of aliphatic carboxylic acids is 1. The standard InChI is InChI=1S/C26H19NO4/c1-14-8-2-7-13-19(14)27-23(28)21-20-15-9-3-5-11-17(15)26(25(30)31,22(21)24(27)29)18-12-6-4-10-16(18)20/h2-13,20-22H,1H3,(H,30,31)/t20?,21-,22+,26?/m1/s1. The van der Waals surface area contributed by atoms with Crippen molar-refractivity contribution in [3.8, 4) is 0 Å². The summed E-state index contributed by atoms with van der Waals surface area (Å²) in [6.45, 7) is 1.85. The summed E-state index contributed by atoms with van der Waals surface area (Å²) >= 11 is 0. The molecule has 3 aromatic rings. The molecule has 0 unspecified atom stereocenters. The smallest absolute Gasteiger partial charge is 0.319 e. The van der Waals surface area contributed by atoms with Crippen molar-refractivity contribution in [3.63, 3.8) is 0 Å². The zero-order valence-corrected chi connectivity index (χ0v) is 16.8. The number of aryl methyl sites for hydroxylation is 1. The van der Waals surface area contributed by atoms with Crippen LogP contribution in [0.15, 0.2) is 72.8 Å². The normalized spacial score (nSPS) is 27.6. The summed E-state index contributed by atoms with van der Waals surface area (Å²) in [5, 5.41) is 10.7. The Hall–Kier alpha value is -3.73. The zero-order chi connectivity index (χ0) is 21.5. The summed E-state index contributed by atoms with van der Waals surface area (Å²) in [5.74, 6) is -3.90. The van der Waals surface area contributed by atoms with Crippen LogP contribution in [-0.2, 0) is 19.8 Å². The molecule has 5 nitrogen and oxygen atoms in total. The van der Waals surface area contributed by atoms with Crippen LogP contribution in [0.25, 0.3) is 0 Å². The molecule has 1 aliphatic heterocycles. The fourth-order valence-electron chi connectivity index (χ4n) is 6.19. The Labute approximate surface area is 178 Å². The summed E-state index contributed by atoms with van der Waals surface area (Å²) < 4.78 is 0. The molecule has 1 saturated heterocycles. The van der Waals surface area contributed by atoms with E-state index in [2.05, 4.69) is 0 Å². The van der Waals surface area contributed by atoms with E-state index in [0.717, 1.165) is 16.7 Å². The van der Waals surface area contributed by atoms with Crippen molar-refractivity contribution in [3.05, 3.63) is 101 Å². The Morgan fingerprint density at radius 2 is 1.39 bits per heavy atom. The molecule has 0 radical (unpaired) electrons. The molecule has 1 N–H and O–H groups in total. The quantitative estimate of drug-likeness (QED) is 0.656. The molecule has 3 aromatic carbocycles. The van der Waals surface area contributed by atoms with Crippen LogP contribution >= 0.6 is 0 Å². The van der Waals surface area contributed by atoms with E-state index in [1.807, 2.05) is 55.5 Å². The molecule has 2 bridgehead atoms. The molecule has 2 amide bonds. The topological polar surface area (TPSA) is 74.7 Å². The number of carboxylic acid groups (broad SMARTS) is 1. The third kappa shape index (κ3) is 1.94. The number of hydrogen-bond acceptors (Lipinski definition) is 3. The van der Waals surface area contributed by atoms with Crippen LogP contribution in [0.1, 0.15) is 33.7 Å². The number of amides is 2. The van der Waals surface area contributed by atoms with Gasteiger partial charge in [-0.2, -0.15) is 0 Å². The molecular formula is C26H19NO4. The Morgan fingerprint density at radius 3 is 1.97 bits per heavy atom. The number of benzene rings is 3. The minimum atomic E-state index is -1.59. The molecule has 152 valence electrons. The molecule has 1 fully saturated rings. The number of hydrogen-bond donors (Lipinski definition) is 1. The lowest BCUT2D eigenvalue weighted by Gasteiger charge is -2.51. The lowest BCUT2D eigenvalue weighted by Crippen LogP contribution is -2.57. The second-order valence-electron chi connectivity index (χ2n) is 8.57. The van der Waals surface area contributed by atoms with Gasteiger partial charge in [0, 0.05) is 5.92 Å². The molecular weight excluding hydrogens is 390 g/mol. The van der Waals surface area contributed by atoms with Crippen molar-refractivity contribution < 1.29 is 19.5 Å². The van der Waals surface area contributed by atoms with Crippen LogP contribution in [0, 0.1) is 18.8 Å². The highest BCUT2D eigenvalue weighted by atomic mass is 16.4. The maximum absolute atomic E-state index is 13.9. The Morgan fingerprint density at radius 1 is 0.839 bits per heavy atom. The van der Waals surface area contributed by atoms with E-state index in [9.17, 15) is 19.5 Å². The summed E-state index contributed by atoms with van der Waals surface area (Å²) in [4.78, 5) is 42.0. The van der Waals surface area contributed by atoms with Crippen LogP contribution in [0.2, 0.25) is 0 Å². The monoisotopic (exact) mass is 409 g/mol. The number of carbonyl (C=O) groups excluding carboxylic acids is 2. The summed E-state index contributed by atoms with van der Waals surface area (Å²) in [6.07, 6.45) is 0. The van der Waals surface area contributed by atoms with E-state index >= 15 is 0 Å². The number of nitrogens with zero attached hydrogens (tertiary/aromatic N) is 1. The maximum Gasteiger partial charge on any atom is 0.319 e. The lowest BCUT2D eigenvalue weighted by atomic mass is 9.47. The largest absolute Gasteiger partial charge is 0.480 e. The van der Waals surface area contributed by atoms with Gasteiger partial charge in [0.15, 0.2) is 0 Å². The summed E-state index contributed by atoms with van der Waals surface area (Å²) in [7, 11) is 0. The van der Waals surface area contributed by atoms with Crippen LogP contribution in [0.5, 0.6) is 0 Å². The maximum atomic E-state index is 13.9. The first-order valence-corrected chi connectivity index (χ1v) is 10.3. The van der Waals surface area contributed by atoms with Crippen LogP contribution in [0.3, 0.4) is 0 Å². The highest BCUT2D eigenvalue weighted by Crippen LogP contribution is 2.64. The van der Waals surface area contributed by atoms with Gasteiger partial charge in [0.05, 0.1) is 17.5 Å². The predicted molar refractivity (Wildman–Crippen MR) is 114 cm³/mol. The van der Waals surface area contributed by atoms with Crippen LogP contribution < -0.4 is 4.90 Å². The summed E-state index contributed by atoms with van der Waals surface area (Å²) in [6, 6.07) is 22.0. The number of anilines is 1. The Kier molecular flexibility index (Phi) is 3.45. The minimum absolute atomic E-state index is 0.316.